The molecule has 0 radical (unpaired) electrons. The van der Waals surface area contributed by atoms with E-state index in [4.69, 9.17) is 9.84 Å². The number of anilines is 1. The van der Waals surface area contributed by atoms with Gasteiger partial charge in [-0.25, -0.2) is 13.2 Å². The summed E-state index contributed by atoms with van der Waals surface area (Å²) < 4.78 is 45.4. The van der Waals surface area contributed by atoms with Crippen LogP contribution in [0.15, 0.2) is 42.1 Å². The first-order valence-corrected chi connectivity index (χ1v) is 8.15. The molecular weight excluding hydrogens is 377 g/mol. The molecule has 0 atom stereocenters. The number of hydrogen-bond donors (Lipinski definition) is 2. The van der Waals surface area contributed by atoms with Gasteiger partial charge in [0.25, 0.3) is 11.8 Å². The quantitative estimate of drug-likeness (QED) is 0.584. The van der Waals surface area contributed by atoms with Crippen molar-refractivity contribution in [1.82, 2.24) is 4.90 Å². The summed E-state index contributed by atoms with van der Waals surface area (Å²) in [5.41, 5.74) is 0.248. The molecule has 3 rings (SSSR count). The first kappa shape index (κ1) is 19.3. The van der Waals surface area contributed by atoms with Crippen LogP contribution in [0.4, 0.5) is 18.9 Å². The minimum atomic E-state index is -1.21. The summed E-state index contributed by atoms with van der Waals surface area (Å²) in [4.78, 5) is 25.4. The average molecular weight is 392 g/mol. The van der Waals surface area contributed by atoms with Gasteiger partial charge in [0.1, 0.15) is 5.70 Å². The molecule has 6 nitrogen and oxygen atoms in total. The number of halogens is 3. The Balaban J connectivity index is 1.67. The van der Waals surface area contributed by atoms with Crippen LogP contribution in [0.5, 0.6) is 11.5 Å². The third-order valence-electron chi connectivity index (χ3n) is 4.15. The number of ether oxygens (including phenoxy) is 1. The van der Waals surface area contributed by atoms with Crippen molar-refractivity contribution in [1.29, 1.82) is 0 Å². The van der Waals surface area contributed by atoms with Crippen molar-refractivity contribution >= 4 is 17.5 Å². The van der Waals surface area contributed by atoms with Crippen LogP contribution in [-0.4, -0.2) is 35.5 Å². The molecule has 1 aliphatic heterocycles. The predicted molar refractivity (Wildman–Crippen MR) is 93.1 cm³/mol. The summed E-state index contributed by atoms with van der Waals surface area (Å²) in [7, 11) is 1.34. The Morgan fingerprint density at radius 3 is 2.36 bits per heavy atom. The van der Waals surface area contributed by atoms with Gasteiger partial charge in [0.05, 0.1) is 7.11 Å². The zero-order chi connectivity index (χ0) is 20.4. The van der Waals surface area contributed by atoms with Gasteiger partial charge in [-0.1, -0.05) is 6.07 Å². The molecule has 2 N–H and O–H groups in total. The van der Waals surface area contributed by atoms with E-state index >= 15 is 0 Å². The third-order valence-corrected chi connectivity index (χ3v) is 4.15. The summed E-state index contributed by atoms with van der Waals surface area (Å²) in [6.45, 7) is -0.0105. The summed E-state index contributed by atoms with van der Waals surface area (Å²) >= 11 is 0. The number of methoxy groups -OCH3 is 1. The Kier molecular flexibility index (Phi) is 5.25. The Bertz CT molecular complexity index is 968. The predicted octanol–water partition coefficient (Wildman–Crippen LogP) is 2.73. The number of nitrogens with one attached hydrogen (secondary N) is 1. The van der Waals surface area contributed by atoms with E-state index in [9.17, 15) is 22.8 Å². The number of amides is 2. The molecule has 0 saturated heterocycles. The topological polar surface area (TPSA) is 78.9 Å². The molecule has 1 aliphatic rings. The number of carbonyl (C=O) groups is 2. The van der Waals surface area contributed by atoms with Gasteiger partial charge in [-0.15, -0.1) is 0 Å². The highest BCUT2D eigenvalue weighted by atomic mass is 19.1. The van der Waals surface area contributed by atoms with Crippen molar-refractivity contribution in [3.8, 4) is 11.5 Å². The van der Waals surface area contributed by atoms with E-state index in [2.05, 4.69) is 5.32 Å². The number of imide groups is 1. The highest BCUT2D eigenvalue weighted by molar-refractivity contribution is 6.17. The van der Waals surface area contributed by atoms with E-state index in [-0.39, 0.29) is 30.1 Å². The maximum Gasteiger partial charge on any atom is 0.277 e. The summed E-state index contributed by atoms with van der Waals surface area (Å²) in [6.07, 6.45) is 1.21. The zero-order valence-corrected chi connectivity index (χ0v) is 14.6. The molecule has 0 aromatic heterocycles. The third kappa shape index (κ3) is 3.78. The summed E-state index contributed by atoms with van der Waals surface area (Å²) in [5.74, 6) is -5.33. The molecule has 2 aromatic rings. The highest BCUT2D eigenvalue weighted by Gasteiger charge is 2.31. The largest absolute Gasteiger partial charge is 0.503 e. The Morgan fingerprint density at radius 1 is 1.07 bits per heavy atom. The second kappa shape index (κ2) is 7.63. The number of phenols is 1. The van der Waals surface area contributed by atoms with Crippen LogP contribution in [-0.2, 0) is 16.0 Å². The maximum atomic E-state index is 13.7. The number of phenolic OH excluding ortho intramolecular Hbond substituents is 1. The molecule has 2 aromatic carbocycles. The molecule has 1 heterocycles. The highest BCUT2D eigenvalue weighted by Crippen LogP contribution is 2.26. The fraction of sp³-hybridized carbons (Fsp3) is 0.158. The lowest BCUT2D eigenvalue weighted by atomic mass is 10.1. The molecule has 2 amide bonds. The van der Waals surface area contributed by atoms with Crippen molar-refractivity contribution < 1.29 is 32.6 Å². The molecular formula is C19H15F3N2O4. The lowest BCUT2D eigenvalue weighted by molar-refractivity contribution is -0.137. The van der Waals surface area contributed by atoms with Gasteiger partial charge < -0.3 is 15.2 Å². The van der Waals surface area contributed by atoms with E-state index in [0.29, 0.717) is 5.56 Å². The van der Waals surface area contributed by atoms with Gasteiger partial charge >= 0.3 is 0 Å². The smallest absolute Gasteiger partial charge is 0.277 e. The first-order valence-electron chi connectivity index (χ1n) is 8.15. The molecule has 0 fully saturated rings. The second-order valence-corrected chi connectivity index (χ2v) is 5.99. The van der Waals surface area contributed by atoms with Crippen LogP contribution in [0, 0.1) is 17.5 Å². The fourth-order valence-electron chi connectivity index (χ4n) is 2.71. The van der Waals surface area contributed by atoms with Crippen molar-refractivity contribution in [2.45, 2.75) is 6.42 Å². The van der Waals surface area contributed by atoms with Crippen molar-refractivity contribution in [3.63, 3.8) is 0 Å². The molecule has 0 saturated carbocycles. The van der Waals surface area contributed by atoms with E-state index in [1.165, 1.54) is 19.2 Å². The van der Waals surface area contributed by atoms with Crippen LogP contribution in [0.3, 0.4) is 0 Å². The number of benzene rings is 2. The van der Waals surface area contributed by atoms with Gasteiger partial charge in [-0.3, -0.25) is 14.5 Å². The van der Waals surface area contributed by atoms with E-state index in [0.717, 1.165) is 23.1 Å². The number of carbonyl (C=O) groups excluding carboxylic acids is 2. The van der Waals surface area contributed by atoms with Crippen molar-refractivity contribution in [3.05, 3.63) is 65.1 Å². The number of hydrogen-bond acceptors (Lipinski definition) is 5. The van der Waals surface area contributed by atoms with E-state index in [1.807, 2.05) is 0 Å². The molecule has 0 bridgehead atoms. The summed E-state index contributed by atoms with van der Waals surface area (Å²) in [6, 6.07) is 5.89. The average Bonchev–Trinajstić information content (AvgIpc) is 2.91. The van der Waals surface area contributed by atoms with E-state index < -0.39 is 35.0 Å². The summed E-state index contributed by atoms with van der Waals surface area (Å²) in [5, 5.41) is 11.6. The number of aromatic hydroxyl groups is 1. The Hall–Kier alpha value is -3.49. The monoisotopic (exact) mass is 392 g/mol. The lowest BCUT2D eigenvalue weighted by Gasteiger charge is -2.15. The molecule has 0 spiro atoms. The van der Waals surface area contributed by atoms with Crippen LogP contribution >= 0.6 is 0 Å². The number of rotatable bonds is 6. The van der Waals surface area contributed by atoms with Crippen molar-refractivity contribution in [2.24, 2.45) is 0 Å². The standard InChI is InChI=1S/C19H15F3N2O4/c1-28-16-3-2-10(6-12(16)20)4-5-24-17(25)9-15(19(24)27)23-11-7-13(21)18(26)14(22)8-11/h2-3,6-9,23,26H,4-5H2,1H3. The molecule has 28 heavy (non-hydrogen) atoms. The molecule has 0 unspecified atom stereocenters. The zero-order valence-electron chi connectivity index (χ0n) is 14.6. The second-order valence-electron chi connectivity index (χ2n) is 5.99. The molecule has 0 aliphatic carbocycles. The van der Waals surface area contributed by atoms with Gasteiger partial charge in [-0.05, 0) is 24.1 Å². The normalized spacial score (nSPS) is 13.7. The van der Waals surface area contributed by atoms with E-state index in [1.54, 1.807) is 6.07 Å². The Labute approximate surface area is 157 Å². The molecule has 9 heteroatoms. The lowest BCUT2D eigenvalue weighted by Crippen LogP contribution is -2.33. The fourth-order valence-corrected chi connectivity index (χ4v) is 2.71. The van der Waals surface area contributed by atoms with Crippen LogP contribution in [0.25, 0.3) is 0 Å². The first-order chi connectivity index (χ1) is 13.3. The van der Waals surface area contributed by atoms with Crippen LogP contribution < -0.4 is 10.1 Å². The van der Waals surface area contributed by atoms with Crippen LogP contribution in [0.2, 0.25) is 0 Å². The number of nitrogens with zero attached hydrogens (tertiary/aromatic N) is 1. The van der Waals surface area contributed by atoms with Gasteiger partial charge in [0, 0.05) is 30.4 Å². The minimum Gasteiger partial charge on any atom is -0.503 e. The van der Waals surface area contributed by atoms with Crippen molar-refractivity contribution in [2.75, 3.05) is 19.0 Å². The SMILES string of the molecule is COc1ccc(CCN2C(=O)C=C(Nc3cc(F)c(O)c(F)c3)C2=O)cc1F. The maximum absolute atomic E-state index is 13.7. The minimum absolute atomic E-state index is 0.0105. The van der Waals surface area contributed by atoms with Gasteiger partial charge in [-0.2, -0.15) is 0 Å². The van der Waals surface area contributed by atoms with Gasteiger partial charge in [0.15, 0.2) is 29.0 Å². The van der Waals surface area contributed by atoms with Crippen LogP contribution in [0.1, 0.15) is 5.56 Å². The van der Waals surface area contributed by atoms with Gasteiger partial charge in [0.2, 0.25) is 0 Å². The Morgan fingerprint density at radius 2 is 1.75 bits per heavy atom. The molecule has 146 valence electrons.